The van der Waals surface area contributed by atoms with Crippen molar-refractivity contribution in [1.82, 2.24) is 15.0 Å². The van der Waals surface area contributed by atoms with Crippen molar-refractivity contribution in [1.29, 1.82) is 0 Å². The highest BCUT2D eigenvalue weighted by molar-refractivity contribution is 7.09. The molecule has 17 heavy (non-hydrogen) atoms. The summed E-state index contributed by atoms with van der Waals surface area (Å²) >= 11 is 1.66. The quantitative estimate of drug-likeness (QED) is 0.885. The molecule has 0 fully saturated rings. The molecule has 0 amide bonds. The fourth-order valence-electron chi connectivity index (χ4n) is 1.42. The van der Waals surface area contributed by atoms with Crippen LogP contribution in [0.1, 0.15) is 16.3 Å². The van der Waals surface area contributed by atoms with E-state index in [4.69, 9.17) is 5.73 Å². The van der Waals surface area contributed by atoms with Crippen LogP contribution in [0.15, 0.2) is 17.9 Å². The Morgan fingerprint density at radius 2 is 2.12 bits per heavy atom. The first-order chi connectivity index (χ1) is 8.20. The molecule has 5 nitrogen and oxygen atoms in total. The normalized spacial score (nSPS) is 10.5. The molecule has 2 rings (SSSR count). The van der Waals surface area contributed by atoms with Crippen LogP contribution >= 0.6 is 11.3 Å². The van der Waals surface area contributed by atoms with Gasteiger partial charge in [0.1, 0.15) is 5.82 Å². The second kappa shape index (κ2) is 5.20. The minimum absolute atomic E-state index is 0.422. The van der Waals surface area contributed by atoms with Crippen LogP contribution in [0, 0.1) is 6.92 Å². The lowest BCUT2D eigenvalue weighted by atomic mass is 10.3. The standard InChI is InChI=1S/C11H15N5S/c1-8-10(17-7-15-8)6-16(2)11-5-13-9(3-12)4-14-11/h4-5,7H,3,6,12H2,1-2H3. The van der Waals surface area contributed by atoms with E-state index >= 15 is 0 Å². The molecule has 0 bridgehead atoms. The van der Waals surface area contributed by atoms with Crippen LogP contribution in [0.25, 0.3) is 0 Å². The molecule has 0 aliphatic rings. The summed E-state index contributed by atoms with van der Waals surface area (Å²) in [7, 11) is 1.99. The van der Waals surface area contributed by atoms with Crippen molar-refractivity contribution < 1.29 is 0 Å². The van der Waals surface area contributed by atoms with Crippen molar-refractivity contribution in [2.24, 2.45) is 5.73 Å². The Morgan fingerprint density at radius 1 is 1.29 bits per heavy atom. The van der Waals surface area contributed by atoms with Gasteiger partial charge in [-0.05, 0) is 6.92 Å². The van der Waals surface area contributed by atoms with Gasteiger partial charge in [-0.25, -0.2) is 9.97 Å². The van der Waals surface area contributed by atoms with Crippen molar-refractivity contribution in [3.05, 3.63) is 34.2 Å². The average Bonchev–Trinajstić information content (AvgIpc) is 2.75. The highest BCUT2D eigenvalue weighted by atomic mass is 32.1. The Morgan fingerprint density at radius 3 is 2.65 bits per heavy atom. The molecule has 2 aromatic heterocycles. The zero-order valence-electron chi connectivity index (χ0n) is 9.92. The van der Waals surface area contributed by atoms with Crippen LogP contribution < -0.4 is 10.6 Å². The maximum absolute atomic E-state index is 5.48. The molecule has 0 saturated heterocycles. The molecule has 0 saturated carbocycles. The molecule has 6 heteroatoms. The summed E-state index contributed by atoms with van der Waals surface area (Å²) < 4.78 is 0. The smallest absolute Gasteiger partial charge is 0.147 e. The van der Waals surface area contributed by atoms with E-state index in [0.29, 0.717) is 6.54 Å². The maximum atomic E-state index is 5.48. The number of aromatic nitrogens is 3. The van der Waals surface area contributed by atoms with Gasteiger partial charge in [0.2, 0.25) is 0 Å². The molecule has 2 heterocycles. The van der Waals surface area contributed by atoms with Crippen molar-refractivity contribution in [3.8, 4) is 0 Å². The van der Waals surface area contributed by atoms with Gasteiger partial charge in [-0.15, -0.1) is 11.3 Å². The van der Waals surface area contributed by atoms with E-state index in [9.17, 15) is 0 Å². The molecule has 0 aliphatic heterocycles. The van der Waals surface area contributed by atoms with Gasteiger partial charge < -0.3 is 10.6 Å². The fourth-order valence-corrected chi connectivity index (χ4v) is 2.25. The van der Waals surface area contributed by atoms with E-state index in [-0.39, 0.29) is 0 Å². The Labute approximate surface area is 104 Å². The highest BCUT2D eigenvalue weighted by Crippen LogP contribution is 2.17. The first-order valence-corrected chi connectivity index (χ1v) is 6.19. The van der Waals surface area contributed by atoms with Crippen LogP contribution in [0.5, 0.6) is 0 Å². The van der Waals surface area contributed by atoms with Crippen molar-refractivity contribution in [3.63, 3.8) is 0 Å². The zero-order chi connectivity index (χ0) is 12.3. The number of anilines is 1. The molecule has 2 N–H and O–H groups in total. The van der Waals surface area contributed by atoms with Gasteiger partial charge >= 0.3 is 0 Å². The zero-order valence-corrected chi connectivity index (χ0v) is 10.7. The molecule has 0 atom stereocenters. The SMILES string of the molecule is Cc1ncsc1CN(C)c1cnc(CN)cn1. The lowest BCUT2D eigenvalue weighted by Crippen LogP contribution is -2.18. The molecule has 0 radical (unpaired) electrons. The highest BCUT2D eigenvalue weighted by Gasteiger charge is 2.07. The topological polar surface area (TPSA) is 67.9 Å². The third-order valence-corrected chi connectivity index (χ3v) is 3.44. The monoisotopic (exact) mass is 249 g/mol. The lowest BCUT2D eigenvalue weighted by molar-refractivity contribution is 0.876. The first kappa shape index (κ1) is 11.9. The first-order valence-electron chi connectivity index (χ1n) is 5.31. The van der Waals surface area contributed by atoms with E-state index in [2.05, 4.69) is 15.0 Å². The van der Waals surface area contributed by atoms with Gasteiger partial charge in [0.15, 0.2) is 0 Å². The third kappa shape index (κ3) is 2.78. The minimum atomic E-state index is 0.422. The van der Waals surface area contributed by atoms with Crippen LogP contribution in [-0.2, 0) is 13.1 Å². The molecule has 0 aliphatic carbocycles. The summed E-state index contributed by atoms with van der Waals surface area (Å²) in [4.78, 5) is 16.1. The lowest BCUT2D eigenvalue weighted by Gasteiger charge is -2.17. The second-order valence-corrected chi connectivity index (χ2v) is 4.73. The summed E-state index contributed by atoms with van der Waals surface area (Å²) in [5.74, 6) is 0.843. The molecular weight excluding hydrogens is 234 g/mol. The Balaban J connectivity index is 2.09. The minimum Gasteiger partial charge on any atom is -0.353 e. The molecule has 0 spiro atoms. The van der Waals surface area contributed by atoms with E-state index in [1.807, 2.05) is 24.4 Å². The molecular formula is C11H15N5S. The average molecular weight is 249 g/mol. The fraction of sp³-hybridized carbons (Fsp3) is 0.364. The second-order valence-electron chi connectivity index (χ2n) is 3.79. The summed E-state index contributed by atoms with van der Waals surface area (Å²) in [6.45, 7) is 3.24. The largest absolute Gasteiger partial charge is 0.353 e. The number of rotatable bonds is 4. The van der Waals surface area contributed by atoms with E-state index in [1.54, 1.807) is 23.7 Å². The predicted octanol–water partition coefficient (Wildman–Crippen LogP) is 1.34. The van der Waals surface area contributed by atoms with E-state index < -0.39 is 0 Å². The molecule has 0 aromatic carbocycles. The predicted molar refractivity (Wildman–Crippen MR) is 68.9 cm³/mol. The summed E-state index contributed by atoms with van der Waals surface area (Å²) in [5, 5.41) is 0. The van der Waals surface area contributed by atoms with Crippen LogP contribution in [0.4, 0.5) is 5.82 Å². The number of hydrogen-bond donors (Lipinski definition) is 1. The maximum Gasteiger partial charge on any atom is 0.147 e. The van der Waals surface area contributed by atoms with Crippen LogP contribution in [-0.4, -0.2) is 22.0 Å². The Hall–Kier alpha value is -1.53. The summed E-state index contributed by atoms with van der Waals surface area (Å²) in [6, 6.07) is 0. The molecule has 2 aromatic rings. The number of nitrogens with two attached hydrogens (primary N) is 1. The van der Waals surface area contributed by atoms with Crippen molar-refractivity contribution in [2.75, 3.05) is 11.9 Å². The van der Waals surface area contributed by atoms with Gasteiger partial charge in [-0.1, -0.05) is 0 Å². The number of thiazole rings is 1. The van der Waals surface area contributed by atoms with Gasteiger partial charge in [-0.3, -0.25) is 4.98 Å². The number of aryl methyl sites for hydroxylation is 1. The van der Waals surface area contributed by atoms with E-state index in [1.165, 1.54) is 4.88 Å². The number of nitrogens with zero attached hydrogens (tertiary/aromatic N) is 4. The Bertz CT molecular complexity index is 479. The van der Waals surface area contributed by atoms with Crippen molar-refractivity contribution >= 4 is 17.2 Å². The van der Waals surface area contributed by atoms with Crippen LogP contribution in [0.2, 0.25) is 0 Å². The summed E-state index contributed by atoms with van der Waals surface area (Å²) in [5.41, 5.74) is 9.22. The number of hydrogen-bond acceptors (Lipinski definition) is 6. The summed E-state index contributed by atoms with van der Waals surface area (Å²) in [6.07, 6.45) is 3.46. The molecule has 90 valence electrons. The van der Waals surface area contributed by atoms with Crippen LogP contribution in [0.3, 0.4) is 0 Å². The molecule has 0 unspecified atom stereocenters. The van der Waals surface area contributed by atoms with Gasteiger partial charge in [0.05, 0.1) is 35.8 Å². The third-order valence-electron chi connectivity index (χ3n) is 2.52. The van der Waals surface area contributed by atoms with Gasteiger partial charge in [-0.2, -0.15) is 0 Å². The van der Waals surface area contributed by atoms with E-state index in [0.717, 1.165) is 23.8 Å². The van der Waals surface area contributed by atoms with Gasteiger partial charge in [0.25, 0.3) is 0 Å². The Kier molecular flexibility index (Phi) is 3.65. The van der Waals surface area contributed by atoms with Crippen molar-refractivity contribution in [2.45, 2.75) is 20.0 Å². The van der Waals surface area contributed by atoms with Gasteiger partial charge in [0, 0.05) is 18.5 Å².